The third kappa shape index (κ3) is 2.95. The second kappa shape index (κ2) is 5.66. The van der Waals surface area contributed by atoms with Gasteiger partial charge < -0.3 is 9.52 Å². The minimum atomic E-state index is -1.02. The van der Waals surface area contributed by atoms with E-state index in [9.17, 15) is 4.79 Å². The molecule has 0 unspecified atom stereocenters. The number of hydrogen-bond donors (Lipinski definition) is 1. The molecule has 1 aromatic heterocycles. The van der Waals surface area contributed by atoms with E-state index < -0.39 is 5.97 Å². The van der Waals surface area contributed by atoms with Gasteiger partial charge in [0.1, 0.15) is 5.76 Å². The van der Waals surface area contributed by atoms with Gasteiger partial charge in [-0.05, 0) is 35.9 Å². The molecule has 1 N–H and O–H groups in total. The fourth-order valence-corrected chi connectivity index (χ4v) is 3.07. The average Bonchev–Trinajstić information content (AvgIpc) is 2.86. The number of fused-ring (bicyclic) bond motifs is 1. The molecule has 3 rings (SSSR count). The molecule has 0 saturated heterocycles. The highest BCUT2D eigenvalue weighted by Crippen LogP contribution is 2.28. The van der Waals surface area contributed by atoms with E-state index in [-0.39, 0.29) is 5.76 Å². The van der Waals surface area contributed by atoms with Crippen molar-refractivity contribution in [1.29, 1.82) is 0 Å². The third-order valence-corrected chi connectivity index (χ3v) is 4.28. The van der Waals surface area contributed by atoms with E-state index >= 15 is 0 Å². The Morgan fingerprint density at radius 2 is 1.90 bits per heavy atom. The van der Waals surface area contributed by atoms with Gasteiger partial charge in [-0.25, -0.2) is 4.79 Å². The van der Waals surface area contributed by atoms with Crippen LogP contribution in [0.2, 0.25) is 0 Å². The van der Waals surface area contributed by atoms with Crippen LogP contribution < -0.4 is 0 Å². The second-order valence-corrected chi connectivity index (χ2v) is 5.88. The summed E-state index contributed by atoms with van der Waals surface area (Å²) in [6, 6.07) is 16.3. The molecule has 0 aliphatic heterocycles. The van der Waals surface area contributed by atoms with Crippen LogP contribution >= 0.6 is 11.8 Å². The number of furan rings is 1. The Morgan fingerprint density at radius 3 is 2.62 bits per heavy atom. The zero-order valence-electron chi connectivity index (χ0n) is 11.5. The first-order chi connectivity index (χ1) is 10.1. The van der Waals surface area contributed by atoms with Crippen LogP contribution in [0, 0.1) is 6.92 Å². The van der Waals surface area contributed by atoms with E-state index in [0.29, 0.717) is 17.1 Å². The first-order valence-electron chi connectivity index (χ1n) is 6.58. The summed E-state index contributed by atoms with van der Waals surface area (Å²) < 4.78 is 5.36. The predicted octanol–water partition coefficient (Wildman–Crippen LogP) is 4.73. The average molecular weight is 298 g/mol. The summed E-state index contributed by atoms with van der Waals surface area (Å²) in [5, 5.41) is 11.4. The van der Waals surface area contributed by atoms with Gasteiger partial charge in [0, 0.05) is 10.5 Å². The minimum Gasteiger partial charge on any atom is -0.475 e. The smallest absolute Gasteiger partial charge is 0.372 e. The summed E-state index contributed by atoms with van der Waals surface area (Å²) in [5.74, 6) is 0.313. The first-order valence-corrected chi connectivity index (χ1v) is 7.56. The molecule has 0 fully saturated rings. The molecule has 0 atom stereocenters. The Labute approximate surface area is 126 Å². The van der Waals surface area contributed by atoms with Gasteiger partial charge in [0.2, 0.25) is 5.76 Å². The molecule has 0 bridgehead atoms. The number of thioether (sulfide) groups is 1. The van der Waals surface area contributed by atoms with E-state index in [1.54, 1.807) is 24.8 Å². The van der Waals surface area contributed by atoms with Gasteiger partial charge in [-0.2, -0.15) is 0 Å². The number of aryl methyl sites for hydroxylation is 1. The molecule has 2 aromatic carbocycles. The molecule has 0 radical (unpaired) electrons. The van der Waals surface area contributed by atoms with Crippen molar-refractivity contribution >= 4 is 28.5 Å². The van der Waals surface area contributed by atoms with Crippen LogP contribution in [0.3, 0.4) is 0 Å². The summed E-state index contributed by atoms with van der Waals surface area (Å²) in [5.41, 5.74) is 0.664. The molecular formula is C17H14O3S. The maximum atomic E-state index is 11.0. The maximum Gasteiger partial charge on any atom is 0.372 e. The SMILES string of the molecule is Cc1cc(CSc2ccc3ccccc3c2)oc1C(=O)O. The highest BCUT2D eigenvalue weighted by atomic mass is 32.2. The van der Waals surface area contributed by atoms with Crippen molar-refractivity contribution in [3.63, 3.8) is 0 Å². The predicted molar refractivity (Wildman–Crippen MR) is 83.9 cm³/mol. The Morgan fingerprint density at radius 1 is 1.14 bits per heavy atom. The molecule has 3 nitrogen and oxygen atoms in total. The van der Waals surface area contributed by atoms with E-state index in [0.717, 1.165) is 4.90 Å². The van der Waals surface area contributed by atoms with Crippen LogP contribution in [0.4, 0.5) is 0 Å². The van der Waals surface area contributed by atoms with Crippen LogP contribution in [0.5, 0.6) is 0 Å². The molecule has 4 heteroatoms. The number of carbonyl (C=O) groups is 1. The lowest BCUT2D eigenvalue weighted by Crippen LogP contribution is -1.94. The van der Waals surface area contributed by atoms with Crippen LogP contribution in [-0.2, 0) is 5.75 Å². The van der Waals surface area contributed by atoms with Crippen molar-refractivity contribution in [2.75, 3.05) is 0 Å². The van der Waals surface area contributed by atoms with Gasteiger partial charge in [0.25, 0.3) is 0 Å². The summed E-state index contributed by atoms with van der Waals surface area (Å²) in [7, 11) is 0. The molecule has 0 aliphatic carbocycles. The molecule has 21 heavy (non-hydrogen) atoms. The molecule has 0 amide bonds. The van der Waals surface area contributed by atoms with Crippen LogP contribution in [0.25, 0.3) is 10.8 Å². The normalized spacial score (nSPS) is 10.9. The molecule has 0 saturated carbocycles. The van der Waals surface area contributed by atoms with Crippen molar-refractivity contribution in [1.82, 2.24) is 0 Å². The van der Waals surface area contributed by atoms with Gasteiger partial charge in [0.05, 0.1) is 5.75 Å². The molecule has 1 heterocycles. The van der Waals surface area contributed by atoms with Crippen LogP contribution in [0.1, 0.15) is 21.9 Å². The lowest BCUT2D eigenvalue weighted by atomic mass is 10.1. The second-order valence-electron chi connectivity index (χ2n) is 4.83. The molecule has 3 aromatic rings. The molecular weight excluding hydrogens is 284 g/mol. The van der Waals surface area contributed by atoms with Gasteiger partial charge >= 0.3 is 5.97 Å². The van der Waals surface area contributed by atoms with E-state index in [1.807, 2.05) is 12.1 Å². The molecule has 0 spiro atoms. The van der Waals surface area contributed by atoms with Crippen molar-refractivity contribution in [2.24, 2.45) is 0 Å². The van der Waals surface area contributed by atoms with Crippen molar-refractivity contribution in [3.05, 3.63) is 65.6 Å². The zero-order valence-corrected chi connectivity index (χ0v) is 12.3. The Hall–Kier alpha value is -2.20. The van der Waals surface area contributed by atoms with Gasteiger partial charge in [-0.15, -0.1) is 11.8 Å². The van der Waals surface area contributed by atoms with Gasteiger partial charge in [-0.1, -0.05) is 30.3 Å². The number of hydrogen-bond acceptors (Lipinski definition) is 3. The van der Waals surface area contributed by atoms with Crippen molar-refractivity contribution in [3.8, 4) is 0 Å². The van der Waals surface area contributed by atoms with E-state index in [1.165, 1.54) is 10.8 Å². The maximum absolute atomic E-state index is 11.0. The van der Waals surface area contributed by atoms with Crippen LogP contribution in [0.15, 0.2) is 57.8 Å². The summed E-state index contributed by atoms with van der Waals surface area (Å²) in [6.07, 6.45) is 0. The summed E-state index contributed by atoms with van der Waals surface area (Å²) in [4.78, 5) is 12.1. The number of rotatable bonds is 4. The first kappa shape index (κ1) is 13.8. The standard InChI is InChI=1S/C17H14O3S/c1-11-8-14(20-16(11)17(18)19)10-21-15-7-6-12-4-2-3-5-13(12)9-15/h2-9H,10H2,1H3,(H,18,19). The van der Waals surface area contributed by atoms with E-state index in [4.69, 9.17) is 9.52 Å². The topological polar surface area (TPSA) is 50.4 Å². The largest absolute Gasteiger partial charge is 0.475 e. The monoisotopic (exact) mass is 298 g/mol. The minimum absolute atomic E-state index is 0.0316. The Bertz CT molecular complexity index is 805. The highest BCUT2D eigenvalue weighted by Gasteiger charge is 2.14. The molecule has 0 aliphatic rings. The number of carboxylic acids is 1. The van der Waals surface area contributed by atoms with Crippen molar-refractivity contribution in [2.45, 2.75) is 17.6 Å². The lowest BCUT2D eigenvalue weighted by molar-refractivity contribution is 0.0659. The lowest BCUT2D eigenvalue weighted by Gasteiger charge is -2.02. The van der Waals surface area contributed by atoms with Crippen molar-refractivity contribution < 1.29 is 14.3 Å². The third-order valence-electron chi connectivity index (χ3n) is 3.27. The quantitative estimate of drug-likeness (QED) is 0.707. The number of carboxylic acid groups (broad SMARTS) is 1. The Balaban J connectivity index is 1.77. The Kier molecular flexibility index (Phi) is 3.71. The number of aromatic carboxylic acids is 1. The summed E-state index contributed by atoms with van der Waals surface area (Å²) in [6.45, 7) is 1.75. The molecule has 106 valence electrons. The number of benzene rings is 2. The fraction of sp³-hybridized carbons (Fsp3) is 0.118. The fourth-order valence-electron chi connectivity index (χ4n) is 2.24. The summed E-state index contributed by atoms with van der Waals surface area (Å²) >= 11 is 1.64. The van der Waals surface area contributed by atoms with Gasteiger partial charge in [-0.3, -0.25) is 0 Å². The highest BCUT2D eigenvalue weighted by molar-refractivity contribution is 7.98. The van der Waals surface area contributed by atoms with E-state index in [2.05, 4.69) is 30.3 Å². The zero-order chi connectivity index (χ0) is 14.8. The van der Waals surface area contributed by atoms with Crippen LogP contribution in [-0.4, -0.2) is 11.1 Å². The van der Waals surface area contributed by atoms with Gasteiger partial charge in [0.15, 0.2) is 0 Å².